The molecule has 0 amide bonds. The molecule has 0 radical (unpaired) electrons. The van der Waals surface area contributed by atoms with E-state index >= 15 is 0 Å². The topological polar surface area (TPSA) is 39.9 Å². The average Bonchev–Trinajstić information content (AvgIpc) is 2.89. The van der Waals surface area contributed by atoms with Crippen LogP contribution < -0.4 is 0 Å². The molecule has 4 nitrogen and oxygen atoms in total. The van der Waals surface area contributed by atoms with Crippen LogP contribution in [0.5, 0.6) is 0 Å². The fraction of sp³-hybridized carbons (Fsp3) is 0.467. The number of hydrogen-bond donors (Lipinski definition) is 0. The van der Waals surface area contributed by atoms with Crippen molar-refractivity contribution in [1.82, 2.24) is 14.8 Å². The lowest BCUT2D eigenvalue weighted by Gasteiger charge is -2.14. The Morgan fingerprint density at radius 3 is 2.79 bits per heavy atom. The molecule has 0 aromatic carbocycles. The fourth-order valence-corrected chi connectivity index (χ4v) is 2.18. The summed E-state index contributed by atoms with van der Waals surface area (Å²) in [6.45, 7) is 4.99. The van der Waals surface area contributed by atoms with Crippen LogP contribution in [0.4, 0.5) is 0 Å². The molecule has 102 valence electrons. The van der Waals surface area contributed by atoms with E-state index in [-0.39, 0.29) is 0 Å². The van der Waals surface area contributed by atoms with Gasteiger partial charge in [-0.3, -0.25) is 9.67 Å². The van der Waals surface area contributed by atoms with Gasteiger partial charge in [-0.15, -0.1) is 0 Å². The molecular formula is C15H21N3O. The van der Waals surface area contributed by atoms with E-state index in [9.17, 15) is 0 Å². The molecule has 19 heavy (non-hydrogen) atoms. The first-order chi connectivity index (χ1) is 9.24. The van der Waals surface area contributed by atoms with Gasteiger partial charge in [0.2, 0.25) is 0 Å². The maximum absolute atomic E-state index is 5.15. The van der Waals surface area contributed by atoms with Gasteiger partial charge in [0.15, 0.2) is 0 Å². The lowest BCUT2D eigenvalue weighted by atomic mass is 10.1. The number of aryl methyl sites for hydroxylation is 1. The third-order valence-electron chi connectivity index (χ3n) is 3.31. The summed E-state index contributed by atoms with van der Waals surface area (Å²) in [5.41, 5.74) is 3.40. The van der Waals surface area contributed by atoms with E-state index in [0.717, 1.165) is 36.1 Å². The van der Waals surface area contributed by atoms with E-state index in [1.54, 1.807) is 7.11 Å². The highest BCUT2D eigenvalue weighted by Crippen LogP contribution is 2.22. The van der Waals surface area contributed by atoms with Gasteiger partial charge in [0.25, 0.3) is 0 Å². The third kappa shape index (κ3) is 3.41. The molecule has 0 aliphatic rings. The molecule has 2 rings (SSSR count). The highest BCUT2D eigenvalue weighted by Gasteiger charge is 2.11. The fourth-order valence-electron chi connectivity index (χ4n) is 2.18. The second kappa shape index (κ2) is 6.48. The van der Waals surface area contributed by atoms with Crippen LogP contribution in [-0.2, 0) is 4.74 Å². The first-order valence-corrected chi connectivity index (χ1v) is 6.69. The number of aromatic nitrogens is 3. The van der Waals surface area contributed by atoms with Gasteiger partial charge in [0.1, 0.15) is 0 Å². The van der Waals surface area contributed by atoms with Crippen LogP contribution in [0.25, 0.3) is 11.1 Å². The normalized spacial score (nSPS) is 12.6. The van der Waals surface area contributed by atoms with Crippen LogP contribution in [0.2, 0.25) is 0 Å². The molecule has 0 bridgehead atoms. The molecule has 1 unspecified atom stereocenters. The molecule has 1 atom stereocenters. The molecule has 2 aromatic rings. The lowest BCUT2D eigenvalue weighted by Crippen LogP contribution is -2.10. The Labute approximate surface area is 114 Å². The van der Waals surface area contributed by atoms with Crippen molar-refractivity contribution in [2.75, 3.05) is 13.7 Å². The van der Waals surface area contributed by atoms with Crippen molar-refractivity contribution in [3.05, 3.63) is 36.4 Å². The quantitative estimate of drug-likeness (QED) is 0.799. The highest BCUT2D eigenvalue weighted by molar-refractivity contribution is 5.61. The van der Waals surface area contributed by atoms with Crippen LogP contribution in [0.15, 0.2) is 30.9 Å². The Morgan fingerprint density at radius 1 is 1.26 bits per heavy atom. The standard InChI is InChI=1S/C15H21N3O/c1-4-15(5-6-19-3)18-11-14(10-17-18)13-7-12(2)8-16-9-13/h7-11,15H,4-6H2,1-3H3. The highest BCUT2D eigenvalue weighted by atomic mass is 16.5. The van der Waals surface area contributed by atoms with E-state index in [1.807, 2.05) is 30.2 Å². The van der Waals surface area contributed by atoms with Gasteiger partial charge in [-0.2, -0.15) is 5.10 Å². The van der Waals surface area contributed by atoms with Crippen molar-refractivity contribution in [2.45, 2.75) is 32.7 Å². The summed E-state index contributed by atoms with van der Waals surface area (Å²) in [5.74, 6) is 0. The molecule has 4 heteroatoms. The van der Waals surface area contributed by atoms with Gasteiger partial charge in [0.05, 0.1) is 12.2 Å². The minimum atomic E-state index is 0.395. The zero-order valence-electron chi connectivity index (χ0n) is 11.8. The number of ether oxygens (including phenoxy) is 1. The third-order valence-corrected chi connectivity index (χ3v) is 3.31. The zero-order chi connectivity index (χ0) is 13.7. The van der Waals surface area contributed by atoms with Crippen molar-refractivity contribution in [3.8, 4) is 11.1 Å². The van der Waals surface area contributed by atoms with Crippen molar-refractivity contribution in [2.24, 2.45) is 0 Å². The molecular weight excluding hydrogens is 238 g/mol. The molecule has 0 saturated carbocycles. The van der Waals surface area contributed by atoms with Gasteiger partial charge in [-0.1, -0.05) is 6.92 Å². The van der Waals surface area contributed by atoms with E-state index < -0.39 is 0 Å². The van der Waals surface area contributed by atoms with Crippen molar-refractivity contribution >= 4 is 0 Å². The van der Waals surface area contributed by atoms with Crippen LogP contribution in [0.1, 0.15) is 31.4 Å². The number of rotatable bonds is 6. The van der Waals surface area contributed by atoms with E-state index in [0.29, 0.717) is 6.04 Å². The van der Waals surface area contributed by atoms with E-state index in [2.05, 4.69) is 29.3 Å². The van der Waals surface area contributed by atoms with E-state index in [1.165, 1.54) is 0 Å². The SMILES string of the molecule is CCC(CCOC)n1cc(-c2cncc(C)c2)cn1. The Balaban J connectivity index is 2.18. The number of nitrogens with zero attached hydrogens (tertiary/aromatic N) is 3. The summed E-state index contributed by atoms with van der Waals surface area (Å²) in [5, 5.41) is 4.48. The van der Waals surface area contributed by atoms with Gasteiger partial charge in [0, 0.05) is 43.4 Å². The van der Waals surface area contributed by atoms with Crippen molar-refractivity contribution in [3.63, 3.8) is 0 Å². The second-order valence-corrected chi connectivity index (χ2v) is 4.80. The van der Waals surface area contributed by atoms with Crippen LogP contribution in [0.3, 0.4) is 0 Å². The Kier molecular flexibility index (Phi) is 4.68. The second-order valence-electron chi connectivity index (χ2n) is 4.80. The molecule has 2 aromatic heterocycles. The molecule has 0 saturated heterocycles. The van der Waals surface area contributed by atoms with Gasteiger partial charge >= 0.3 is 0 Å². The summed E-state index contributed by atoms with van der Waals surface area (Å²) in [7, 11) is 1.74. The van der Waals surface area contributed by atoms with Gasteiger partial charge in [-0.05, 0) is 31.4 Å². The summed E-state index contributed by atoms with van der Waals surface area (Å²) in [6.07, 6.45) is 9.79. The largest absolute Gasteiger partial charge is 0.385 e. The minimum Gasteiger partial charge on any atom is -0.385 e. The summed E-state index contributed by atoms with van der Waals surface area (Å²) in [6, 6.07) is 2.52. The zero-order valence-corrected chi connectivity index (χ0v) is 11.8. The maximum atomic E-state index is 5.15. The number of methoxy groups -OCH3 is 1. The first kappa shape index (κ1) is 13.7. The van der Waals surface area contributed by atoms with Gasteiger partial charge < -0.3 is 4.74 Å². The average molecular weight is 259 g/mol. The molecule has 0 fully saturated rings. The Bertz CT molecular complexity index is 522. The van der Waals surface area contributed by atoms with Crippen LogP contribution in [-0.4, -0.2) is 28.5 Å². The molecule has 2 heterocycles. The number of pyridine rings is 1. The molecule has 0 N–H and O–H groups in total. The van der Waals surface area contributed by atoms with Crippen LogP contribution in [0, 0.1) is 6.92 Å². The lowest BCUT2D eigenvalue weighted by molar-refractivity contribution is 0.174. The minimum absolute atomic E-state index is 0.395. The Morgan fingerprint density at radius 2 is 2.11 bits per heavy atom. The predicted octanol–water partition coefficient (Wildman–Crippen LogP) is 3.24. The first-order valence-electron chi connectivity index (χ1n) is 6.69. The van der Waals surface area contributed by atoms with Crippen LogP contribution >= 0.6 is 0 Å². The Hall–Kier alpha value is -1.68. The number of hydrogen-bond acceptors (Lipinski definition) is 3. The van der Waals surface area contributed by atoms with Crippen molar-refractivity contribution in [1.29, 1.82) is 0 Å². The summed E-state index contributed by atoms with van der Waals surface area (Å²) >= 11 is 0. The molecule has 0 aliphatic heterocycles. The monoisotopic (exact) mass is 259 g/mol. The molecule has 0 aliphatic carbocycles. The predicted molar refractivity (Wildman–Crippen MR) is 76.0 cm³/mol. The van der Waals surface area contributed by atoms with Gasteiger partial charge in [-0.25, -0.2) is 0 Å². The smallest absolute Gasteiger partial charge is 0.0569 e. The summed E-state index contributed by atoms with van der Waals surface area (Å²) < 4.78 is 7.19. The molecule has 0 spiro atoms. The van der Waals surface area contributed by atoms with Crippen molar-refractivity contribution < 1.29 is 4.74 Å². The summed E-state index contributed by atoms with van der Waals surface area (Å²) in [4.78, 5) is 4.23. The van der Waals surface area contributed by atoms with E-state index in [4.69, 9.17) is 4.74 Å². The maximum Gasteiger partial charge on any atom is 0.0569 e.